The zero-order valence-electron chi connectivity index (χ0n) is 17.9. The van der Waals surface area contributed by atoms with Crippen molar-refractivity contribution >= 4 is 11.7 Å². The van der Waals surface area contributed by atoms with E-state index in [0.717, 1.165) is 11.1 Å². The number of nitrogens with zero attached hydrogens (tertiary/aromatic N) is 4. The van der Waals surface area contributed by atoms with E-state index in [1.807, 2.05) is 12.1 Å². The molecule has 1 amide bonds. The number of carbonyl (C=O) groups is 1. The minimum absolute atomic E-state index is 0.0982. The van der Waals surface area contributed by atoms with Gasteiger partial charge in [0.15, 0.2) is 11.5 Å². The van der Waals surface area contributed by atoms with Crippen LogP contribution in [0, 0.1) is 5.82 Å². The summed E-state index contributed by atoms with van der Waals surface area (Å²) in [5.74, 6) is 0.863. The van der Waals surface area contributed by atoms with Crippen molar-refractivity contribution in [2.75, 3.05) is 32.2 Å². The third-order valence-electron chi connectivity index (χ3n) is 5.53. The number of hydrogen-bond acceptors (Lipinski definition) is 6. The van der Waals surface area contributed by atoms with Crippen LogP contribution in [0.5, 0.6) is 5.75 Å². The number of hydrogen-bond donors (Lipinski definition) is 2. The second kappa shape index (κ2) is 8.97. The third kappa shape index (κ3) is 3.92. The molecule has 0 saturated heterocycles. The van der Waals surface area contributed by atoms with Crippen molar-refractivity contribution in [2.45, 2.75) is 19.3 Å². The summed E-state index contributed by atoms with van der Waals surface area (Å²) in [4.78, 5) is 20.9. The van der Waals surface area contributed by atoms with Crippen molar-refractivity contribution in [1.82, 2.24) is 14.5 Å². The molecular formula is C23H25FN4O4. The highest BCUT2D eigenvalue weighted by Gasteiger charge is 2.39. The molecule has 9 heteroatoms. The largest absolute Gasteiger partial charge is 0.497 e. The Bertz CT molecular complexity index is 1100. The molecule has 0 fully saturated rings. The van der Waals surface area contributed by atoms with E-state index >= 15 is 0 Å². The molecule has 4 rings (SSSR count). The topological polar surface area (TPSA) is 91.1 Å². The molecule has 8 nitrogen and oxygen atoms in total. The van der Waals surface area contributed by atoms with Crippen LogP contribution in [0.1, 0.15) is 22.5 Å². The average molecular weight is 440 g/mol. The van der Waals surface area contributed by atoms with Crippen molar-refractivity contribution in [3.8, 4) is 17.1 Å². The fourth-order valence-electron chi connectivity index (χ4n) is 3.80. The summed E-state index contributed by atoms with van der Waals surface area (Å²) < 4.78 is 20.5. The summed E-state index contributed by atoms with van der Waals surface area (Å²) in [7, 11) is 3.24. The number of amides is 1. The Labute approximate surface area is 185 Å². The molecule has 1 aliphatic rings. The van der Waals surface area contributed by atoms with Crippen LogP contribution in [-0.2, 0) is 6.54 Å². The van der Waals surface area contributed by atoms with E-state index in [2.05, 4.69) is 0 Å². The molecule has 1 aromatic heterocycles. The zero-order valence-corrected chi connectivity index (χ0v) is 17.9. The first-order valence-corrected chi connectivity index (χ1v) is 10.3. The van der Waals surface area contributed by atoms with Crippen LogP contribution in [-0.4, -0.2) is 64.2 Å². The van der Waals surface area contributed by atoms with Gasteiger partial charge in [0.05, 0.1) is 7.11 Å². The first kappa shape index (κ1) is 21.8. The number of aliphatic hydroxyl groups is 2. The molecule has 0 spiro atoms. The van der Waals surface area contributed by atoms with Gasteiger partial charge in [-0.3, -0.25) is 9.69 Å². The van der Waals surface area contributed by atoms with Gasteiger partial charge in [0, 0.05) is 32.3 Å². The van der Waals surface area contributed by atoms with Gasteiger partial charge in [-0.15, -0.1) is 0 Å². The van der Waals surface area contributed by atoms with E-state index in [4.69, 9.17) is 9.72 Å². The number of ether oxygens (including phenoxy) is 1. The van der Waals surface area contributed by atoms with Crippen LogP contribution in [0.4, 0.5) is 10.2 Å². The highest BCUT2D eigenvalue weighted by atomic mass is 19.1. The Morgan fingerprint density at radius 3 is 2.44 bits per heavy atom. The molecule has 0 radical (unpaired) electrons. The molecule has 1 unspecified atom stereocenters. The Morgan fingerprint density at radius 2 is 1.81 bits per heavy atom. The second-order valence-corrected chi connectivity index (χ2v) is 7.58. The van der Waals surface area contributed by atoms with Crippen molar-refractivity contribution in [2.24, 2.45) is 0 Å². The molecule has 32 heavy (non-hydrogen) atoms. The lowest BCUT2D eigenvalue weighted by atomic mass is 10.1. The van der Waals surface area contributed by atoms with Crippen molar-refractivity contribution in [3.05, 3.63) is 65.6 Å². The summed E-state index contributed by atoms with van der Waals surface area (Å²) >= 11 is 0. The van der Waals surface area contributed by atoms with Gasteiger partial charge in [-0.1, -0.05) is 12.1 Å². The number of aromatic nitrogens is 2. The van der Waals surface area contributed by atoms with E-state index in [1.54, 1.807) is 43.0 Å². The summed E-state index contributed by atoms with van der Waals surface area (Å²) in [6, 6.07) is 13.4. The van der Waals surface area contributed by atoms with Crippen LogP contribution < -0.4 is 9.64 Å². The van der Waals surface area contributed by atoms with Crippen molar-refractivity contribution < 1.29 is 24.1 Å². The van der Waals surface area contributed by atoms with Crippen molar-refractivity contribution in [3.63, 3.8) is 0 Å². The summed E-state index contributed by atoms with van der Waals surface area (Å²) in [5, 5.41) is 19.9. The van der Waals surface area contributed by atoms with Crippen molar-refractivity contribution in [1.29, 1.82) is 0 Å². The van der Waals surface area contributed by atoms with Gasteiger partial charge in [-0.2, -0.15) is 0 Å². The highest BCUT2D eigenvalue weighted by molar-refractivity contribution is 6.00. The van der Waals surface area contributed by atoms with E-state index in [-0.39, 0.29) is 31.4 Å². The number of fused-ring (bicyclic) bond motifs is 1. The fourth-order valence-corrected chi connectivity index (χ4v) is 3.80. The number of imidazole rings is 1. The van der Waals surface area contributed by atoms with Crippen LogP contribution in [0.15, 0.2) is 48.5 Å². The molecule has 0 aliphatic carbocycles. The summed E-state index contributed by atoms with van der Waals surface area (Å²) in [5.41, 5.74) is 1.88. The third-order valence-corrected chi connectivity index (χ3v) is 5.53. The fraction of sp³-hybridized carbons (Fsp3) is 0.304. The number of aliphatic hydroxyl groups excluding tert-OH is 2. The van der Waals surface area contributed by atoms with Gasteiger partial charge >= 0.3 is 0 Å². The van der Waals surface area contributed by atoms with Gasteiger partial charge in [0.2, 0.25) is 6.35 Å². The summed E-state index contributed by atoms with van der Waals surface area (Å²) in [6.45, 7) is 0.381. The minimum atomic E-state index is -1.19. The molecule has 2 aromatic carbocycles. The first-order valence-electron chi connectivity index (χ1n) is 10.3. The highest BCUT2D eigenvalue weighted by Crippen LogP contribution is 2.34. The number of methoxy groups -OCH3 is 1. The predicted octanol–water partition coefficient (Wildman–Crippen LogP) is 2.30. The Kier molecular flexibility index (Phi) is 6.11. The van der Waals surface area contributed by atoms with E-state index in [1.165, 1.54) is 21.9 Å². The van der Waals surface area contributed by atoms with Gasteiger partial charge in [-0.05, 0) is 48.4 Å². The quantitative estimate of drug-likeness (QED) is 0.586. The van der Waals surface area contributed by atoms with E-state index in [9.17, 15) is 19.4 Å². The number of anilines is 1. The smallest absolute Gasteiger partial charge is 0.277 e. The standard InChI is InChI=1S/C23H25FN4O4/c1-26-21-19(22(30)27(23(26)31)12-3-13-29)28(14-15-4-8-17(24)9-5-15)20(25-21)16-6-10-18(32-2)11-7-16/h4-11,23,29,31H,3,12-14H2,1-2H3. The Hall–Kier alpha value is -3.43. The molecule has 0 bridgehead atoms. The normalized spacial score (nSPS) is 15.8. The molecule has 1 aliphatic heterocycles. The first-order chi connectivity index (χ1) is 15.4. The number of benzene rings is 2. The Balaban J connectivity index is 1.85. The molecule has 168 valence electrons. The van der Waals surface area contributed by atoms with E-state index in [0.29, 0.717) is 29.5 Å². The maximum atomic E-state index is 13.4. The minimum Gasteiger partial charge on any atom is -0.497 e. The molecule has 1 atom stereocenters. The molecule has 0 saturated carbocycles. The van der Waals surface area contributed by atoms with Gasteiger partial charge in [-0.25, -0.2) is 9.37 Å². The van der Waals surface area contributed by atoms with Crippen LogP contribution in [0.3, 0.4) is 0 Å². The lowest BCUT2D eigenvalue weighted by Crippen LogP contribution is -2.54. The van der Waals surface area contributed by atoms with Gasteiger partial charge < -0.3 is 24.4 Å². The molecular weight excluding hydrogens is 415 g/mol. The molecule has 2 N–H and O–H groups in total. The second-order valence-electron chi connectivity index (χ2n) is 7.58. The monoisotopic (exact) mass is 440 g/mol. The predicted molar refractivity (Wildman–Crippen MR) is 117 cm³/mol. The lowest BCUT2D eigenvalue weighted by molar-refractivity contribution is 0.00114. The number of halogens is 1. The summed E-state index contributed by atoms with van der Waals surface area (Å²) in [6.07, 6.45) is -0.858. The SMILES string of the molecule is COc1ccc(-c2nc3c(n2Cc2ccc(F)cc2)C(=O)N(CCCO)C(O)N3C)cc1. The maximum absolute atomic E-state index is 13.4. The van der Waals surface area contributed by atoms with Crippen LogP contribution in [0.2, 0.25) is 0 Å². The lowest BCUT2D eigenvalue weighted by Gasteiger charge is -2.38. The molecule has 2 heterocycles. The maximum Gasteiger partial charge on any atom is 0.277 e. The average Bonchev–Trinajstić information content (AvgIpc) is 3.18. The van der Waals surface area contributed by atoms with Gasteiger partial charge in [0.1, 0.15) is 17.4 Å². The van der Waals surface area contributed by atoms with Crippen LogP contribution in [0.25, 0.3) is 11.4 Å². The number of rotatable bonds is 7. The Morgan fingerprint density at radius 1 is 1.12 bits per heavy atom. The van der Waals surface area contributed by atoms with E-state index < -0.39 is 6.35 Å². The van der Waals surface area contributed by atoms with Crippen LogP contribution >= 0.6 is 0 Å². The number of carbonyl (C=O) groups excluding carboxylic acids is 1. The van der Waals surface area contributed by atoms with Gasteiger partial charge in [0.25, 0.3) is 5.91 Å². The zero-order chi connectivity index (χ0) is 22.8. The molecule has 3 aromatic rings.